The van der Waals surface area contributed by atoms with E-state index in [1.807, 2.05) is 48.5 Å². The van der Waals surface area contributed by atoms with Gasteiger partial charge in [-0.2, -0.15) is 0 Å². The molecule has 2 aliphatic heterocycles. The highest BCUT2D eigenvalue weighted by atomic mass is 32.2. The summed E-state index contributed by atoms with van der Waals surface area (Å²) in [5, 5.41) is 3.39. The van der Waals surface area contributed by atoms with Crippen LogP contribution in [0.25, 0.3) is 6.08 Å². The Kier molecular flexibility index (Phi) is 4.19. The standard InChI is InChI=1S/C19H16N2O3S/c1-2-12-3-6-14(7-4-12)20-19-21-18(22)17(25-19)10-13-5-8-15-16(9-13)24-11-23-15/h3-10H,2,11H2,1H3,(H,20,21,22)/b17-10-. The van der Waals surface area contributed by atoms with E-state index >= 15 is 0 Å². The molecule has 1 amide bonds. The summed E-state index contributed by atoms with van der Waals surface area (Å²) in [6.07, 6.45) is 2.81. The van der Waals surface area contributed by atoms with Gasteiger partial charge in [0.05, 0.1) is 10.6 Å². The molecule has 5 nitrogen and oxygen atoms in total. The maximum Gasteiger partial charge on any atom is 0.264 e. The van der Waals surface area contributed by atoms with Gasteiger partial charge in [0.2, 0.25) is 6.79 Å². The molecular formula is C19H16N2O3S. The second-order valence-corrected chi connectivity index (χ2v) is 6.65. The largest absolute Gasteiger partial charge is 0.454 e. The smallest absolute Gasteiger partial charge is 0.264 e. The van der Waals surface area contributed by atoms with Crippen LogP contribution in [0.2, 0.25) is 0 Å². The third kappa shape index (κ3) is 3.39. The molecule has 1 saturated heterocycles. The number of thioether (sulfide) groups is 1. The van der Waals surface area contributed by atoms with Gasteiger partial charge in [-0.15, -0.1) is 0 Å². The molecule has 0 bridgehead atoms. The molecule has 0 atom stereocenters. The highest BCUT2D eigenvalue weighted by molar-refractivity contribution is 8.18. The average molecular weight is 352 g/mol. The zero-order valence-electron chi connectivity index (χ0n) is 13.6. The molecule has 0 aromatic heterocycles. The lowest BCUT2D eigenvalue weighted by Crippen LogP contribution is -2.19. The summed E-state index contributed by atoms with van der Waals surface area (Å²) in [6, 6.07) is 13.6. The number of ether oxygens (including phenoxy) is 2. The van der Waals surface area contributed by atoms with E-state index in [-0.39, 0.29) is 12.7 Å². The SMILES string of the molecule is CCc1ccc(N=C2NC(=O)/C(=C/c3ccc4c(c3)OCO4)S2)cc1. The number of rotatable bonds is 3. The number of fused-ring (bicyclic) bond motifs is 1. The molecule has 4 rings (SSSR count). The molecule has 2 aromatic rings. The van der Waals surface area contributed by atoms with Gasteiger partial charge in [-0.05, 0) is 59.7 Å². The van der Waals surface area contributed by atoms with Gasteiger partial charge < -0.3 is 14.8 Å². The number of aryl methyl sites for hydroxylation is 1. The number of aliphatic imine (C=N–C) groups is 1. The van der Waals surface area contributed by atoms with E-state index in [2.05, 4.69) is 17.2 Å². The molecule has 0 saturated carbocycles. The second-order valence-electron chi connectivity index (χ2n) is 5.61. The van der Waals surface area contributed by atoms with Crippen molar-refractivity contribution in [3.8, 4) is 11.5 Å². The fourth-order valence-corrected chi connectivity index (χ4v) is 3.40. The molecule has 0 spiro atoms. The summed E-state index contributed by atoms with van der Waals surface area (Å²) in [5.74, 6) is 1.28. The van der Waals surface area contributed by atoms with Crippen LogP contribution in [-0.4, -0.2) is 17.9 Å². The zero-order chi connectivity index (χ0) is 17.2. The number of nitrogens with zero attached hydrogens (tertiary/aromatic N) is 1. The van der Waals surface area contributed by atoms with Gasteiger partial charge in [-0.3, -0.25) is 4.79 Å². The van der Waals surface area contributed by atoms with Gasteiger partial charge in [-0.25, -0.2) is 4.99 Å². The lowest BCUT2D eigenvalue weighted by Gasteiger charge is -1.99. The lowest BCUT2D eigenvalue weighted by molar-refractivity contribution is -0.115. The third-order valence-corrected chi connectivity index (χ3v) is 4.83. The van der Waals surface area contributed by atoms with Crippen LogP contribution in [0.5, 0.6) is 11.5 Å². The number of carbonyl (C=O) groups is 1. The number of amidine groups is 1. The van der Waals surface area contributed by atoms with Crippen molar-refractivity contribution >= 4 is 34.6 Å². The minimum Gasteiger partial charge on any atom is -0.454 e. The molecule has 1 fully saturated rings. The van der Waals surface area contributed by atoms with Gasteiger partial charge in [0.1, 0.15) is 0 Å². The normalized spacial score (nSPS) is 18.8. The highest BCUT2D eigenvalue weighted by Crippen LogP contribution is 2.34. The van der Waals surface area contributed by atoms with Gasteiger partial charge >= 0.3 is 0 Å². The molecule has 1 N–H and O–H groups in total. The molecule has 126 valence electrons. The molecule has 2 aliphatic rings. The first-order valence-electron chi connectivity index (χ1n) is 7.99. The van der Waals surface area contributed by atoms with Crippen molar-refractivity contribution in [2.24, 2.45) is 4.99 Å². The molecule has 2 aromatic carbocycles. The molecule has 0 radical (unpaired) electrons. The van der Waals surface area contributed by atoms with E-state index in [4.69, 9.17) is 9.47 Å². The first kappa shape index (κ1) is 15.8. The Morgan fingerprint density at radius 1 is 1.16 bits per heavy atom. The Balaban J connectivity index is 1.54. The van der Waals surface area contributed by atoms with E-state index in [0.29, 0.717) is 15.8 Å². The van der Waals surface area contributed by atoms with Crippen LogP contribution in [0.1, 0.15) is 18.1 Å². The number of hydrogen-bond donors (Lipinski definition) is 1. The van der Waals surface area contributed by atoms with Crippen molar-refractivity contribution < 1.29 is 14.3 Å². The van der Waals surface area contributed by atoms with E-state index in [9.17, 15) is 4.79 Å². The Labute approximate surface area is 149 Å². The second kappa shape index (κ2) is 6.64. The quantitative estimate of drug-likeness (QED) is 0.852. The summed E-state index contributed by atoms with van der Waals surface area (Å²) >= 11 is 1.33. The van der Waals surface area contributed by atoms with Crippen LogP contribution >= 0.6 is 11.8 Å². The van der Waals surface area contributed by atoms with Crippen LogP contribution < -0.4 is 14.8 Å². The number of hydrogen-bond acceptors (Lipinski definition) is 5. The average Bonchev–Trinajstić information content (AvgIpc) is 3.22. The minimum absolute atomic E-state index is 0.147. The summed E-state index contributed by atoms with van der Waals surface area (Å²) < 4.78 is 10.7. The van der Waals surface area contributed by atoms with Crippen molar-refractivity contribution in [1.29, 1.82) is 0 Å². The molecular weight excluding hydrogens is 336 g/mol. The maximum atomic E-state index is 12.2. The number of benzene rings is 2. The van der Waals surface area contributed by atoms with Crippen molar-refractivity contribution in [3.05, 3.63) is 58.5 Å². The summed E-state index contributed by atoms with van der Waals surface area (Å²) in [6.45, 7) is 2.35. The van der Waals surface area contributed by atoms with E-state index < -0.39 is 0 Å². The predicted molar refractivity (Wildman–Crippen MR) is 99.2 cm³/mol. The van der Waals surface area contributed by atoms with Crippen LogP contribution in [0.3, 0.4) is 0 Å². The summed E-state index contributed by atoms with van der Waals surface area (Å²) in [5.41, 5.74) is 2.97. The number of carbonyl (C=O) groups excluding carboxylic acids is 1. The summed E-state index contributed by atoms with van der Waals surface area (Å²) in [7, 11) is 0. The van der Waals surface area contributed by atoms with E-state index in [1.165, 1.54) is 17.3 Å². The molecule has 0 unspecified atom stereocenters. The van der Waals surface area contributed by atoms with Crippen LogP contribution in [-0.2, 0) is 11.2 Å². The van der Waals surface area contributed by atoms with Crippen molar-refractivity contribution in [1.82, 2.24) is 5.32 Å². The molecule has 2 heterocycles. The monoisotopic (exact) mass is 352 g/mol. The van der Waals surface area contributed by atoms with E-state index in [0.717, 1.165) is 23.4 Å². The molecule has 6 heteroatoms. The minimum atomic E-state index is -0.147. The van der Waals surface area contributed by atoms with Gasteiger partial charge in [-0.1, -0.05) is 25.1 Å². The van der Waals surface area contributed by atoms with Crippen molar-refractivity contribution in [2.45, 2.75) is 13.3 Å². The van der Waals surface area contributed by atoms with Gasteiger partial charge in [0.25, 0.3) is 5.91 Å². The predicted octanol–water partition coefficient (Wildman–Crippen LogP) is 3.87. The van der Waals surface area contributed by atoms with E-state index in [1.54, 1.807) is 0 Å². The van der Waals surface area contributed by atoms with Crippen molar-refractivity contribution in [2.75, 3.05) is 6.79 Å². The van der Waals surface area contributed by atoms with Crippen LogP contribution in [0.15, 0.2) is 52.4 Å². The zero-order valence-corrected chi connectivity index (χ0v) is 14.4. The first-order valence-corrected chi connectivity index (χ1v) is 8.81. The fourth-order valence-electron chi connectivity index (χ4n) is 2.56. The van der Waals surface area contributed by atoms with Crippen LogP contribution in [0.4, 0.5) is 5.69 Å². The van der Waals surface area contributed by atoms with Gasteiger partial charge in [0.15, 0.2) is 16.7 Å². The summed E-state index contributed by atoms with van der Waals surface area (Å²) in [4.78, 5) is 17.3. The Morgan fingerprint density at radius 2 is 1.96 bits per heavy atom. The highest BCUT2D eigenvalue weighted by Gasteiger charge is 2.24. The van der Waals surface area contributed by atoms with Gasteiger partial charge in [0, 0.05) is 0 Å². The van der Waals surface area contributed by atoms with Crippen LogP contribution in [0, 0.1) is 0 Å². The third-order valence-electron chi connectivity index (χ3n) is 3.92. The Bertz CT molecular complexity index is 888. The molecule has 25 heavy (non-hydrogen) atoms. The Morgan fingerprint density at radius 3 is 2.76 bits per heavy atom. The van der Waals surface area contributed by atoms with Crippen molar-refractivity contribution in [3.63, 3.8) is 0 Å². The molecule has 0 aliphatic carbocycles. The fraction of sp³-hybridized carbons (Fsp3) is 0.158. The maximum absolute atomic E-state index is 12.2. The number of nitrogens with one attached hydrogen (secondary N) is 1. The first-order chi connectivity index (χ1) is 12.2. The number of amides is 1. The Hall–Kier alpha value is -2.73. The lowest BCUT2D eigenvalue weighted by atomic mass is 10.2. The topological polar surface area (TPSA) is 59.9 Å².